The van der Waals surface area contributed by atoms with Crippen molar-refractivity contribution >= 4 is 17.5 Å². The third-order valence-corrected chi connectivity index (χ3v) is 4.51. The van der Waals surface area contributed by atoms with Gasteiger partial charge in [0.2, 0.25) is 11.8 Å². The van der Waals surface area contributed by atoms with Gasteiger partial charge in [-0.1, -0.05) is 18.2 Å². The SMILES string of the molecule is CCN1C[C@H](C(=O)Nc2c(C)nn(-c3ccccc3)c2C)CC1=O. The number of nitrogens with zero attached hydrogens (tertiary/aromatic N) is 3. The molecule has 24 heavy (non-hydrogen) atoms. The van der Waals surface area contributed by atoms with Crippen molar-refractivity contribution in [2.24, 2.45) is 5.92 Å². The second-order valence-electron chi connectivity index (χ2n) is 6.12. The van der Waals surface area contributed by atoms with Crippen molar-refractivity contribution in [1.29, 1.82) is 0 Å². The van der Waals surface area contributed by atoms with Crippen LogP contribution in [0.15, 0.2) is 30.3 Å². The Kier molecular flexibility index (Phi) is 4.38. The normalized spacial score (nSPS) is 17.4. The van der Waals surface area contributed by atoms with Crippen molar-refractivity contribution < 1.29 is 9.59 Å². The molecule has 0 radical (unpaired) electrons. The van der Waals surface area contributed by atoms with Crippen LogP contribution in [0.1, 0.15) is 24.7 Å². The smallest absolute Gasteiger partial charge is 0.229 e. The van der Waals surface area contributed by atoms with Crippen LogP contribution in [0.2, 0.25) is 0 Å². The van der Waals surface area contributed by atoms with E-state index in [1.165, 1.54) is 0 Å². The van der Waals surface area contributed by atoms with Crippen molar-refractivity contribution in [1.82, 2.24) is 14.7 Å². The molecule has 1 N–H and O–H groups in total. The predicted molar refractivity (Wildman–Crippen MR) is 92.0 cm³/mol. The molecule has 0 unspecified atom stereocenters. The number of carbonyl (C=O) groups is 2. The van der Waals surface area contributed by atoms with E-state index >= 15 is 0 Å². The Balaban J connectivity index is 1.80. The summed E-state index contributed by atoms with van der Waals surface area (Å²) in [5, 5.41) is 7.51. The number of aromatic nitrogens is 2. The summed E-state index contributed by atoms with van der Waals surface area (Å²) in [5.74, 6) is -0.361. The molecular weight excluding hydrogens is 304 g/mol. The van der Waals surface area contributed by atoms with Gasteiger partial charge in [-0.25, -0.2) is 4.68 Å². The number of hydrogen-bond acceptors (Lipinski definition) is 3. The van der Waals surface area contributed by atoms with Gasteiger partial charge in [0.05, 0.1) is 28.7 Å². The van der Waals surface area contributed by atoms with Gasteiger partial charge in [0.15, 0.2) is 0 Å². The van der Waals surface area contributed by atoms with Crippen LogP contribution >= 0.6 is 0 Å². The van der Waals surface area contributed by atoms with E-state index in [0.717, 1.165) is 22.8 Å². The molecule has 1 fully saturated rings. The maximum atomic E-state index is 12.5. The third kappa shape index (κ3) is 2.91. The lowest BCUT2D eigenvalue weighted by atomic mass is 10.1. The molecule has 0 spiro atoms. The number of rotatable bonds is 4. The number of carbonyl (C=O) groups excluding carboxylic acids is 2. The molecule has 1 aliphatic heterocycles. The van der Waals surface area contributed by atoms with Gasteiger partial charge in [-0.05, 0) is 32.9 Å². The lowest BCUT2D eigenvalue weighted by Crippen LogP contribution is -2.28. The number of anilines is 1. The highest BCUT2D eigenvalue weighted by Gasteiger charge is 2.34. The number of nitrogens with one attached hydrogen (secondary N) is 1. The van der Waals surface area contributed by atoms with E-state index in [1.54, 1.807) is 4.90 Å². The molecule has 0 aliphatic carbocycles. The monoisotopic (exact) mass is 326 g/mol. The standard InChI is InChI=1S/C18H22N4O2/c1-4-21-11-14(10-16(21)23)18(24)19-17-12(2)20-22(13(17)3)15-8-6-5-7-9-15/h5-9,14H,4,10-11H2,1-3H3,(H,19,24)/t14-/m1/s1. The minimum Gasteiger partial charge on any atom is -0.342 e. The molecule has 1 aromatic heterocycles. The Bertz CT molecular complexity index is 767. The molecular formula is C18H22N4O2. The van der Waals surface area contributed by atoms with Gasteiger partial charge in [0.25, 0.3) is 0 Å². The summed E-state index contributed by atoms with van der Waals surface area (Å²) in [5.41, 5.74) is 3.32. The van der Waals surface area contributed by atoms with Gasteiger partial charge < -0.3 is 10.2 Å². The van der Waals surface area contributed by atoms with Gasteiger partial charge in [0.1, 0.15) is 0 Å². The summed E-state index contributed by atoms with van der Waals surface area (Å²) in [6, 6.07) is 9.80. The van der Waals surface area contributed by atoms with Crippen molar-refractivity contribution in [3.05, 3.63) is 41.7 Å². The third-order valence-electron chi connectivity index (χ3n) is 4.51. The van der Waals surface area contributed by atoms with E-state index in [1.807, 2.05) is 55.8 Å². The molecule has 0 bridgehead atoms. The van der Waals surface area contributed by atoms with Crippen LogP contribution in [-0.4, -0.2) is 39.6 Å². The lowest BCUT2D eigenvalue weighted by Gasteiger charge is -2.14. The average molecular weight is 326 g/mol. The Hall–Kier alpha value is -2.63. The summed E-state index contributed by atoms with van der Waals surface area (Å²) in [6.45, 7) is 6.87. The Labute approximate surface area is 141 Å². The van der Waals surface area contributed by atoms with E-state index < -0.39 is 0 Å². The molecule has 2 amide bonds. The lowest BCUT2D eigenvalue weighted by molar-refractivity contribution is -0.128. The number of likely N-dealkylation sites (tertiary alicyclic amines) is 1. The van der Waals surface area contributed by atoms with Crippen molar-refractivity contribution in [2.75, 3.05) is 18.4 Å². The summed E-state index contributed by atoms with van der Waals surface area (Å²) in [4.78, 5) is 26.1. The van der Waals surface area contributed by atoms with Crippen molar-refractivity contribution in [3.63, 3.8) is 0 Å². The maximum Gasteiger partial charge on any atom is 0.229 e. The second-order valence-corrected chi connectivity index (χ2v) is 6.12. The molecule has 126 valence electrons. The first-order valence-corrected chi connectivity index (χ1v) is 8.21. The molecule has 0 saturated carbocycles. The number of aryl methyl sites for hydroxylation is 1. The zero-order chi connectivity index (χ0) is 17.3. The molecule has 6 nitrogen and oxygen atoms in total. The zero-order valence-corrected chi connectivity index (χ0v) is 14.2. The van der Waals surface area contributed by atoms with Gasteiger partial charge >= 0.3 is 0 Å². The van der Waals surface area contributed by atoms with Crippen molar-refractivity contribution in [3.8, 4) is 5.69 Å². The molecule has 2 aromatic rings. The molecule has 1 aliphatic rings. The second kappa shape index (κ2) is 6.47. The van der Waals surface area contributed by atoms with Crippen LogP contribution in [0.5, 0.6) is 0 Å². The summed E-state index contributed by atoms with van der Waals surface area (Å²) >= 11 is 0. The summed E-state index contributed by atoms with van der Waals surface area (Å²) < 4.78 is 1.82. The van der Waals surface area contributed by atoms with Crippen molar-refractivity contribution in [2.45, 2.75) is 27.2 Å². The number of amides is 2. The van der Waals surface area contributed by atoms with Crippen LogP contribution in [-0.2, 0) is 9.59 Å². The van der Waals surface area contributed by atoms with Crippen LogP contribution in [0, 0.1) is 19.8 Å². The van der Waals surface area contributed by atoms with E-state index in [4.69, 9.17) is 0 Å². The van der Waals surface area contributed by atoms with Gasteiger partial charge in [-0.3, -0.25) is 9.59 Å². The number of para-hydroxylation sites is 1. The Morgan fingerprint density at radius 1 is 1.29 bits per heavy atom. The van der Waals surface area contributed by atoms with Gasteiger partial charge in [-0.15, -0.1) is 0 Å². The van der Waals surface area contributed by atoms with Crippen LogP contribution < -0.4 is 5.32 Å². The van der Waals surface area contributed by atoms with Crippen LogP contribution in [0.3, 0.4) is 0 Å². The van der Waals surface area contributed by atoms with E-state index in [0.29, 0.717) is 13.1 Å². The molecule has 1 atom stereocenters. The fourth-order valence-electron chi connectivity index (χ4n) is 3.12. The minimum absolute atomic E-state index is 0.0473. The van der Waals surface area contributed by atoms with E-state index in [-0.39, 0.29) is 24.2 Å². The summed E-state index contributed by atoms with van der Waals surface area (Å²) in [6.07, 6.45) is 0.282. The number of benzene rings is 1. The van der Waals surface area contributed by atoms with E-state index in [2.05, 4.69) is 10.4 Å². The number of hydrogen-bond donors (Lipinski definition) is 1. The largest absolute Gasteiger partial charge is 0.342 e. The quantitative estimate of drug-likeness (QED) is 0.937. The molecule has 1 aromatic carbocycles. The minimum atomic E-state index is -0.295. The van der Waals surface area contributed by atoms with Crippen LogP contribution in [0.4, 0.5) is 5.69 Å². The molecule has 1 saturated heterocycles. The molecule has 2 heterocycles. The summed E-state index contributed by atoms with van der Waals surface area (Å²) in [7, 11) is 0. The maximum absolute atomic E-state index is 12.5. The van der Waals surface area contributed by atoms with Crippen LogP contribution in [0.25, 0.3) is 5.69 Å². The Morgan fingerprint density at radius 2 is 2.00 bits per heavy atom. The average Bonchev–Trinajstić information content (AvgIpc) is 3.10. The fraction of sp³-hybridized carbons (Fsp3) is 0.389. The molecule has 6 heteroatoms. The van der Waals surface area contributed by atoms with Gasteiger partial charge in [0, 0.05) is 19.5 Å². The highest BCUT2D eigenvalue weighted by atomic mass is 16.2. The predicted octanol–water partition coefficient (Wildman–Crippen LogP) is 2.30. The first-order valence-electron chi connectivity index (χ1n) is 8.21. The first kappa shape index (κ1) is 16.2. The first-order chi connectivity index (χ1) is 11.5. The van der Waals surface area contributed by atoms with E-state index in [9.17, 15) is 9.59 Å². The topological polar surface area (TPSA) is 67.2 Å². The van der Waals surface area contributed by atoms with Gasteiger partial charge in [-0.2, -0.15) is 5.10 Å². The fourth-order valence-corrected chi connectivity index (χ4v) is 3.12. The highest BCUT2D eigenvalue weighted by molar-refractivity contribution is 5.98. The highest BCUT2D eigenvalue weighted by Crippen LogP contribution is 2.25. The molecule has 3 rings (SSSR count). The zero-order valence-electron chi connectivity index (χ0n) is 14.2. The Morgan fingerprint density at radius 3 is 2.62 bits per heavy atom.